The van der Waals surface area contributed by atoms with Gasteiger partial charge in [0.15, 0.2) is 0 Å². The van der Waals surface area contributed by atoms with Gasteiger partial charge in [-0.15, -0.1) is 0 Å². The zero-order valence-electron chi connectivity index (χ0n) is 13.2. The van der Waals surface area contributed by atoms with Crippen LogP contribution < -0.4 is 0 Å². The molecule has 4 nitrogen and oxygen atoms in total. The molecule has 0 unspecified atom stereocenters. The Bertz CT molecular complexity index is 767. The molecule has 0 aliphatic rings. The van der Waals surface area contributed by atoms with Crippen LogP contribution in [0.3, 0.4) is 0 Å². The van der Waals surface area contributed by atoms with E-state index in [4.69, 9.17) is 9.29 Å². The highest BCUT2D eigenvalue weighted by Crippen LogP contribution is 2.69. The minimum absolute atomic E-state index is 0.752. The third-order valence-electron chi connectivity index (χ3n) is 3.60. The number of carboxylic acids is 1. The van der Waals surface area contributed by atoms with Crippen molar-refractivity contribution >= 4 is 22.2 Å². The summed E-state index contributed by atoms with van der Waals surface area (Å²) in [5.74, 6) is -2.88. The molecule has 3 aromatic rings. The van der Waals surface area contributed by atoms with Crippen LogP contribution in [0.4, 0.5) is 0 Å². The predicted octanol–water partition coefficient (Wildman–Crippen LogP) is 4.51. The van der Waals surface area contributed by atoms with Gasteiger partial charge < -0.3 is 9.29 Å². The van der Waals surface area contributed by atoms with Crippen LogP contribution in [-0.4, -0.2) is 17.0 Å². The highest BCUT2D eigenvalue weighted by molar-refractivity contribution is 8.30. The van der Waals surface area contributed by atoms with Gasteiger partial charge in [-0.1, -0.05) is 54.6 Å². The van der Waals surface area contributed by atoms with Crippen molar-refractivity contribution in [3.8, 4) is 0 Å². The molecule has 0 fully saturated rings. The molecule has 25 heavy (non-hydrogen) atoms. The Hall–Kier alpha value is -3.05. The minimum Gasteiger partial charge on any atom is -0.473 e. The lowest BCUT2D eigenvalue weighted by molar-refractivity contribution is -0.157. The van der Waals surface area contributed by atoms with Gasteiger partial charge in [-0.2, -0.15) is 0 Å². The average molecular weight is 352 g/mol. The quantitative estimate of drug-likeness (QED) is 0.702. The van der Waals surface area contributed by atoms with E-state index in [0.29, 0.717) is 0 Å². The van der Waals surface area contributed by atoms with E-state index >= 15 is 0 Å². The molecule has 0 atom stereocenters. The summed E-state index contributed by atoms with van der Waals surface area (Å²) < 4.78 is 5.70. The van der Waals surface area contributed by atoms with E-state index in [9.17, 15) is 9.59 Å². The van der Waals surface area contributed by atoms with E-state index in [1.807, 2.05) is 91.0 Å². The molecule has 0 saturated carbocycles. The van der Waals surface area contributed by atoms with Gasteiger partial charge in [0, 0.05) is 14.7 Å². The third-order valence-corrected chi connectivity index (χ3v) is 6.81. The van der Waals surface area contributed by atoms with Crippen LogP contribution >= 0.6 is 10.3 Å². The second kappa shape index (κ2) is 7.23. The van der Waals surface area contributed by atoms with E-state index in [0.717, 1.165) is 14.7 Å². The van der Waals surface area contributed by atoms with Crippen LogP contribution in [0.25, 0.3) is 0 Å². The minimum atomic E-state index is -2.51. The van der Waals surface area contributed by atoms with E-state index in [1.54, 1.807) is 0 Å². The highest BCUT2D eigenvalue weighted by Gasteiger charge is 2.37. The van der Waals surface area contributed by atoms with Gasteiger partial charge in [-0.25, -0.2) is 9.59 Å². The Morgan fingerprint density at radius 3 is 1.24 bits per heavy atom. The van der Waals surface area contributed by atoms with Crippen molar-refractivity contribution in [3.05, 3.63) is 91.0 Å². The Kier molecular flexibility index (Phi) is 4.86. The fraction of sp³-hybridized carbons (Fsp3) is 0. The summed E-state index contributed by atoms with van der Waals surface area (Å²) in [5, 5.41) is 9.12. The maximum atomic E-state index is 12.1. The molecule has 1 N–H and O–H groups in total. The van der Waals surface area contributed by atoms with E-state index in [-0.39, 0.29) is 0 Å². The molecule has 3 aromatic carbocycles. The maximum Gasteiger partial charge on any atom is 0.428 e. The van der Waals surface area contributed by atoms with Gasteiger partial charge in [-0.3, -0.25) is 0 Å². The van der Waals surface area contributed by atoms with Crippen molar-refractivity contribution in [1.82, 2.24) is 0 Å². The predicted molar refractivity (Wildman–Crippen MR) is 95.4 cm³/mol. The van der Waals surface area contributed by atoms with Crippen LogP contribution in [0.2, 0.25) is 0 Å². The lowest BCUT2D eigenvalue weighted by Gasteiger charge is -2.39. The summed E-state index contributed by atoms with van der Waals surface area (Å²) >= 11 is 0. The summed E-state index contributed by atoms with van der Waals surface area (Å²) in [6.45, 7) is 0. The standard InChI is InChI=1S/C20H16O4S/c21-19(22)20(23)24-25(16-10-4-1-5-11-16,17-12-6-2-7-13-17)18-14-8-3-9-15-18/h1-15H,(H,21,22). The van der Waals surface area contributed by atoms with Crippen LogP contribution in [-0.2, 0) is 13.8 Å². The van der Waals surface area contributed by atoms with E-state index < -0.39 is 22.2 Å². The number of hydrogen-bond acceptors (Lipinski definition) is 3. The maximum absolute atomic E-state index is 12.1. The first-order valence-corrected chi connectivity index (χ1v) is 9.16. The average Bonchev–Trinajstić information content (AvgIpc) is 2.68. The van der Waals surface area contributed by atoms with E-state index in [2.05, 4.69) is 0 Å². The first kappa shape index (κ1) is 16.8. The number of carbonyl (C=O) groups excluding carboxylic acids is 1. The van der Waals surface area contributed by atoms with Crippen molar-refractivity contribution in [3.63, 3.8) is 0 Å². The molecule has 3 rings (SSSR count). The van der Waals surface area contributed by atoms with Crippen LogP contribution in [0, 0.1) is 0 Å². The summed E-state index contributed by atoms with van der Waals surface area (Å²) in [7, 11) is -2.51. The molecule has 0 aliphatic heterocycles. The summed E-state index contributed by atoms with van der Waals surface area (Å²) in [6.07, 6.45) is 0. The summed E-state index contributed by atoms with van der Waals surface area (Å²) in [4.78, 5) is 25.5. The number of rotatable bonds is 4. The van der Waals surface area contributed by atoms with Gasteiger partial charge >= 0.3 is 11.9 Å². The van der Waals surface area contributed by atoms with Crippen LogP contribution in [0.5, 0.6) is 0 Å². The molecule has 0 spiro atoms. The Morgan fingerprint density at radius 1 is 0.640 bits per heavy atom. The monoisotopic (exact) mass is 352 g/mol. The number of aliphatic carboxylic acids is 1. The molecule has 0 aromatic heterocycles. The fourth-order valence-electron chi connectivity index (χ4n) is 2.54. The molecule has 0 radical (unpaired) electrons. The van der Waals surface area contributed by atoms with Crippen molar-refractivity contribution in [2.45, 2.75) is 14.7 Å². The highest BCUT2D eigenvalue weighted by atomic mass is 32.3. The van der Waals surface area contributed by atoms with E-state index in [1.165, 1.54) is 0 Å². The smallest absolute Gasteiger partial charge is 0.428 e. The molecule has 0 heterocycles. The molecule has 0 saturated heterocycles. The normalized spacial score (nSPS) is 11.5. The Labute approximate surface area is 147 Å². The second-order valence-electron chi connectivity index (χ2n) is 5.17. The molecule has 0 amide bonds. The zero-order chi connectivity index (χ0) is 17.7. The number of carboxylic acid groups (broad SMARTS) is 1. The van der Waals surface area contributed by atoms with Gasteiger partial charge in [0.25, 0.3) is 0 Å². The summed E-state index contributed by atoms with van der Waals surface area (Å²) in [5.41, 5.74) is 0. The van der Waals surface area contributed by atoms with Gasteiger partial charge in [0.1, 0.15) is 0 Å². The fourth-order valence-corrected chi connectivity index (χ4v) is 5.56. The zero-order valence-corrected chi connectivity index (χ0v) is 14.1. The molecule has 126 valence electrons. The summed E-state index contributed by atoms with van der Waals surface area (Å²) in [6, 6.07) is 27.8. The topological polar surface area (TPSA) is 63.6 Å². The first-order valence-electron chi connectivity index (χ1n) is 7.60. The molecule has 0 bridgehead atoms. The first-order chi connectivity index (χ1) is 12.1. The number of benzene rings is 3. The third kappa shape index (κ3) is 3.27. The number of hydrogen-bond donors (Lipinski definition) is 1. The van der Waals surface area contributed by atoms with Gasteiger partial charge in [0.2, 0.25) is 0 Å². The SMILES string of the molecule is O=C(O)C(=O)OS(c1ccccc1)(c1ccccc1)c1ccccc1. The van der Waals surface area contributed by atoms with Gasteiger partial charge in [-0.05, 0) is 46.7 Å². The second-order valence-corrected chi connectivity index (χ2v) is 7.86. The molecular weight excluding hydrogens is 336 g/mol. The van der Waals surface area contributed by atoms with Gasteiger partial charge in [0.05, 0.1) is 0 Å². The molecular formula is C20H16O4S. The van der Waals surface area contributed by atoms with Crippen LogP contribution in [0.15, 0.2) is 106 Å². The lowest BCUT2D eigenvalue weighted by Crippen LogP contribution is -2.20. The van der Waals surface area contributed by atoms with Crippen LogP contribution in [0.1, 0.15) is 0 Å². The molecule has 0 aliphatic carbocycles. The van der Waals surface area contributed by atoms with Crippen molar-refractivity contribution in [1.29, 1.82) is 0 Å². The Balaban J connectivity index is 2.31. The Morgan fingerprint density at radius 2 is 0.960 bits per heavy atom. The van der Waals surface area contributed by atoms with Crippen molar-refractivity contribution in [2.75, 3.05) is 0 Å². The lowest BCUT2D eigenvalue weighted by atomic mass is 10.4. The van der Waals surface area contributed by atoms with Crippen molar-refractivity contribution < 1.29 is 18.9 Å². The largest absolute Gasteiger partial charge is 0.473 e. The number of carbonyl (C=O) groups is 2. The molecule has 5 heteroatoms. The van der Waals surface area contributed by atoms with Crippen molar-refractivity contribution in [2.24, 2.45) is 0 Å².